The maximum atomic E-state index is 11.9. The minimum Gasteiger partial charge on any atom is -0.484 e. The maximum absolute atomic E-state index is 11.9. The van der Waals surface area contributed by atoms with Crippen molar-refractivity contribution in [2.75, 3.05) is 11.9 Å². The average molecular weight is 388 g/mol. The van der Waals surface area contributed by atoms with E-state index in [9.17, 15) is 14.9 Å². The predicted octanol–water partition coefficient (Wildman–Crippen LogP) is 3.10. The smallest absolute Gasteiger partial charge is 0.270 e. The SMILES string of the molecule is O=C(COc1ccccc1)NC(=S)Nc1nc2ccc([N+](=O)[O-])cc2s1. The van der Waals surface area contributed by atoms with Gasteiger partial charge in [0.05, 0.1) is 15.1 Å². The van der Waals surface area contributed by atoms with E-state index in [-0.39, 0.29) is 17.4 Å². The number of nitro groups is 1. The number of nitro benzene ring substituents is 1. The molecular formula is C16H12N4O4S2. The molecule has 2 N–H and O–H groups in total. The average Bonchev–Trinajstić information content (AvgIpc) is 3.01. The summed E-state index contributed by atoms with van der Waals surface area (Å²) in [5.74, 6) is 0.164. The van der Waals surface area contributed by atoms with Crippen LogP contribution in [-0.4, -0.2) is 27.5 Å². The molecule has 0 fully saturated rings. The molecule has 0 saturated heterocycles. The third kappa shape index (κ3) is 4.49. The number of aromatic nitrogens is 1. The number of thiocarbonyl (C=S) groups is 1. The fourth-order valence-electron chi connectivity index (χ4n) is 2.04. The van der Waals surface area contributed by atoms with Gasteiger partial charge in [-0.2, -0.15) is 0 Å². The Morgan fingerprint density at radius 1 is 1.27 bits per heavy atom. The van der Waals surface area contributed by atoms with Gasteiger partial charge in [-0.25, -0.2) is 4.98 Å². The minimum atomic E-state index is -0.468. The molecule has 0 aliphatic rings. The summed E-state index contributed by atoms with van der Waals surface area (Å²) in [7, 11) is 0. The largest absolute Gasteiger partial charge is 0.484 e. The highest BCUT2D eigenvalue weighted by atomic mass is 32.1. The van der Waals surface area contributed by atoms with Gasteiger partial charge in [0.2, 0.25) is 0 Å². The molecule has 132 valence electrons. The molecule has 0 aliphatic carbocycles. The van der Waals surface area contributed by atoms with Crippen LogP contribution in [0.1, 0.15) is 0 Å². The summed E-state index contributed by atoms with van der Waals surface area (Å²) in [6.07, 6.45) is 0. The number of para-hydroxylation sites is 1. The molecule has 1 amide bonds. The molecule has 0 unspecified atom stereocenters. The first-order valence-corrected chi connectivity index (χ1v) is 8.57. The second-order valence-corrected chi connectivity index (χ2v) is 6.47. The summed E-state index contributed by atoms with van der Waals surface area (Å²) in [6.45, 7) is -0.183. The minimum absolute atomic E-state index is 0.0124. The summed E-state index contributed by atoms with van der Waals surface area (Å²) >= 11 is 6.27. The molecule has 26 heavy (non-hydrogen) atoms. The van der Waals surface area contributed by atoms with Crippen molar-refractivity contribution in [3.63, 3.8) is 0 Å². The van der Waals surface area contributed by atoms with Gasteiger partial charge in [-0.3, -0.25) is 20.2 Å². The number of rotatable bonds is 5. The number of ether oxygens (including phenoxy) is 1. The van der Waals surface area contributed by atoms with Crippen molar-refractivity contribution in [1.29, 1.82) is 0 Å². The van der Waals surface area contributed by atoms with E-state index in [0.717, 1.165) is 0 Å². The van der Waals surface area contributed by atoms with E-state index in [0.29, 0.717) is 21.1 Å². The Morgan fingerprint density at radius 2 is 2.04 bits per heavy atom. The highest BCUT2D eigenvalue weighted by molar-refractivity contribution is 7.80. The van der Waals surface area contributed by atoms with Crippen molar-refractivity contribution in [2.45, 2.75) is 0 Å². The fraction of sp³-hybridized carbons (Fsp3) is 0.0625. The Morgan fingerprint density at radius 3 is 2.77 bits per heavy atom. The molecule has 1 aromatic heterocycles. The molecule has 0 saturated carbocycles. The van der Waals surface area contributed by atoms with Crippen LogP contribution in [0.25, 0.3) is 10.2 Å². The van der Waals surface area contributed by atoms with Crippen molar-refractivity contribution < 1.29 is 14.5 Å². The molecule has 1 heterocycles. The zero-order valence-corrected chi connectivity index (χ0v) is 14.8. The number of hydrogen-bond donors (Lipinski definition) is 2. The summed E-state index contributed by atoms with van der Waals surface area (Å²) in [5.41, 5.74) is 0.589. The molecule has 10 heteroatoms. The lowest BCUT2D eigenvalue weighted by Gasteiger charge is -2.08. The second-order valence-electron chi connectivity index (χ2n) is 5.03. The van der Waals surface area contributed by atoms with Gasteiger partial charge in [0.15, 0.2) is 16.9 Å². The summed E-state index contributed by atoms with van der Waals surface area (Å²) in [5, 5.41) is 16.6. The van der Waals surface area contributed by atoms with E-state index in [4.69, 9.17) is 17.0 Å². The molecule has 0 bridgehead atoms. The van der Waals surface area contributed by atoms with Gasteiger partial charge in [0.1, 0.15) is 5.75 Å². The van der Waals surface area contributed by atoms with Crippen LogP contribution >= 0.6 is 23.6 Å². The highest BCUT2D eigenvalue weighted by Crippen LogP contribution is 2.29. The zero-order chi connectivity index (χ0) is 18.5. The predicted molar refractivity (Wildman–Crippen MR) is 103 cm³/mol. The molecule has 3 aromatic rings. The number of anilines is 1. The normalized spacial score (nSPS) is 10.3. The lowest BCUT2D eigenvalue weighted by Crippen LogP contribution is -2.37. The topological polar surface area (TPSA) is 106 Å². The standard InChI is InChI=1S/C16H12N4O4S2/c21-14(9-24-11-4-2-1-3-5-11)18-15(25)19-16-17-12-7-6-10(20(22)23)8-13(12)26-16/h1-8H,9H2,(H2,17,18,19,21,25). The number of fused-ring (bicyclic) bond motifs is 1. The van der Waals surface area contributed by atoms with Gasteiger partial charge in [0.25, 0.3) is 11.6 Å². The summed E-state index contributed by atoms with van der Waals surface area (Å²) < 4.78 is 5.97. The Labute approximate surface area is 157 Å². The van der Waals surface area contributed by atoms with Gasteiger partial charge in [-0.05, 0) is 30.4 Å². The van der Waals surface area contributed by atoms with Crippen LogP contribution < -0.4 is 15.4 Å². The molecule has 3 rings (SSSR count). The van der Waals surface area contributed by atoms with Crippen LogP contribution in [0.4, 0.5) is 10.8 Å². The number of carbonyl (C=O) groups excluding carboxylic acids is 1. The number of benzene rings is 2. The fourth-order valence-corrected chi connectivity index (χ4v) is 3.22. The van der Waals surface area contributed by atoms with Crippen LogP contribution in [0.2, 0.25) is 0 Å². The molecular weight excluding hydrogens is 376 g/mol. The lowest BCUT2D eigenvalue weighted by atomic mass is 10.3. The first-order chi connectivity index (χ1) is 12.5. The first kappa shape index (κ1) is 17.7. The van der Waals surface area contributed by atoms with Gasteiger partial charge < -0.3 is 10.1 Å². The first-order valence-electron chi connectivity index (χ1n) is 7.35. The van der Waals surface area contributed by atoms with Gasteiger partial charge >= 0.3 is 0 Å². The zero-order valence-electron chi connectivity index (χ0n) is 13.2. The Kier molecular flexibility index (Phi) is 5.34. The molecule has 0 atom stereocenters. The maximum Gasteiger partial charge on any atom is 0.270 e. The van der Waals surface area contributed by atoms with Crippen LogP contribution in [-0.2, 0) is 4.79 Å². The molecule has 8 nitrogen and oxygen atoms in total. The number of non-ortho nitro benzene ring substituents is 1. The third-order valence-electron chi connectivity index (χ3n) is 3.17. The van der Waals surface area contributed by atoms with E-state index in [1.54, 1.807) is 30.3 Å². The van der Waals surface area contributed by atoms with Crippen LogP contribution in [0.15, 0.2) is 48.5 Å². The van der Waals surface area contributed by atoms with E-state index in [1.807, 2.05) is 6.07 Å². The van der Waals surface area contributed by atoms with E-state index in [2.05, 4.69) is 15.6 Å². The van der Waals surface area contributed by atoms with Crippen LogP contribution in [0.5, 0.6) is 5.75 Å². The number of nitrogens with zero attached hydrogens (tertiary/aromatic N) is 2. The van der Waals surface area contributed by atoms with Crippen LogP contribution in [0.3, 0.4) is 0 Å². The number of nitrogens with one attached hydrogen (secondary N) is 2. The Balaban J connectivity index is 1.56. The molecule has 0 radical (unpaired) electrons. The van der Waals surface area contributed by atoms with Crippen molar-refractivity contribution in [2.24, 2.45) is 0 Å². The number of hydrogen-bond acceptors (Lipinski definition) is 7. The van der Waals surface area contributed by atoms with E-state index in [1.165, 1.54) is 23.5 Å². The van der Waals surface area contributed by atoms with Gasteiger partial charge in [-0.15, -0.1) is 0 Å². The monoisotopic (exact) mass is 388 g/mol. The van der Waals surface area contributed by atoms with Crippen molar-refractivity contribution in [3.8, 4) is 5.75 Å². The third-order valence-corrected chi connectivity index (χ3v) is 4.31. The van der Waals surface area contributed by atoms with Gasteiger partial charge in [0, 0.05) is 12.1 Å². The Bertz CT molecular complexity index is 975. The number of thiazole rings is 1. The Hall–Kier alpha value is -3.11. The summed E-state index contributed by atoms with van der Waals surface area (Å²) in [4.78, 5) is 26.5. The highest BCUT2D eigenvalue weighted by Gasteiger charge is 2.12. The second kappa shape index (κ2) is 7.85. The number of amides is 1. The van der Waals surface area contributed by atoms with E-state index >= 15 is 0 Å². The van der Waals surface area contributed by atoms with Crippen molar-refractivity contribution >= 4 is 55.6 Å². The van der Waals surface area contributed by atoms with Crippen molar-refractivity contribution in [3.05, 3.63) is 58.6 Å². The lowest BCUT2D eigenvalue weighted by molar-refractivity contribution is -0.384. The van der Waals surface area contributed by atoms with E-state index < -0.39 is 10.8 Å². The van der Waals surface area contributed by atoms with Crippen LogP contribution in [0, 0.1) is 10.1 Å². The summed E-state index contributed by atoms with van der Waals surface area (Å²) in [6, 6.07) is 13.3. The van der Waals surface area contributed by atoms with Gasteiger partial charge in [-0.1, -0.05) is 29.5 Å². The molecule has 0 spiro atoms. The number of carbonyl (C=O) groups is 1. The quantitative estimate of drug-likeness (QED) is 0.393. The van der Waals surface area contributed by atoms with Crippen molar-refractivity contribution in [1.82, 2.24) is 10.3 Å². The molecule has 0 aliphatic heterocycles. The molecule has 2 aromatic carbocycles.